The van der Waals surface area contributed by atoms with Gasteiger partial charge in [0.2, 0.25) is 5.91 Å². The third-order valence-electron chi connectivity index (χ3n) is 5.73. The Morgan fingerprint density at radius 3 is 2.55 bits per heavy atom. The quantitative estimate of drug-likeness (QED) is 0.773. The zero-order valence-electron chi connectivity index (χ0n) is 16.6. The molecule has 7 heteroatoms. The molecular formula is C22H25N3O3S. The van der Waals surface area contributed by atoms with Crippen molar-refractivity contribution in [3.63, 3.8) is 0 Å². The summed E-state index contributed by atoms with van der Waals surface area (Å²) in [5.41, 5.74) is 1.90. The summed E-state index contributed by atoms with van der Waals surface area (Å²) in [6, 6.07) is 14.7. The standard InChI is InChI=1S/C22H25N3O3S/c1-3-15(2)21-24-29(27,28)20-14-17(23-22(26)16-8-7-9-16)12-13-19(20)25(21)18-10-5-4-6-11-18/h4-6,10-16H,3,7-9H2,1-2H3,(H,23,26)/t15-/m0/s1. The second-order valence-corrected chi connectivity index (χ2v) is 9.28. The molecule has 1 heterocycles. The monoisotopic (exact) mass is 411 g/mol. The summed E-state index contributed by atoms with van der Waals surface area (Å²) in [6.45, 7) is 3.99. The molecule has 0 radical (unpaired) electrons. The molecule has 2 aromatic rings. The summed E-state index contributed by atoms with van der Waals surface area (Å²) in [5, 5.41) is 2.86. The number of para-hydroxylation sites is 1. The van der Waals surface area contributed by atoms with Crippen LogP contribution in [-0.2, 0) is 14.8 Å². The van der Waals surface area contributed by atoms with E-state index in [1.54, 1.807) is 12.1 Å². The van der Waals surface area contributed by atoms with Crippen LogP contribution in [-0.4, -0.2) is 20.2 Å². The summed E-state index contributed by atoms with van der Waals surface area (Å²) in [4.78, 5) is 14.3. The van der Waals surface area contributed by atoms with Crippen molar-refractivity contribution in [1.29, 1.82) is 0 Å². The molecule has 0 spiro atoms. The molecule has 1 atom stereocenters. The fourth-order valence-corrected chi connectivity index (χ4v) is 4.88. The Morgan fingerprint density at radius 2 is 1.93 bits per heavy atom. The van der Waals surface area contributed by atoms with E-state index in [9.17, 15) is 13.2 Å². The van der Waals surface area contributed by atoms with Crippen LogP contribution in [0.15, 0.2) is 57.8 Å². The molecule has 2 aromatic carbocycles. The maximum Gasteiger partial charge on any atom is 0.286 e. The van der Waals surface area contributed by atoms with Crippen molar-refractivity contribution < 1.29 is 13.2 Å². The van der Waals surface area contributed by atoms with Crippen molar-refractivity contribution in [3.8, 4) is 0 Å². The second kappa shape index (κ2) is 7.63. The lowest BCUT2D eigenvalue weighted by molar-refractivity contribution is -0.122. The van der Waals surface area contributed by atoms with Crippen LogP contribution in [0, 0.1) is 11.8 Å². The maximum absolute atomic E-state index is 13.0. The number of carbonyl (C=O) groups is 1. The number of nitrogens with one attached hydrogen (secondary N) is 1. The molecule has 0 saturated heterocycles. The van der Waals surface area contributed by atoms with E-state index in [1.165, 1.54) is 6.07 Å². The molecule has 2 aliphatic rings. The smallest absolute Gasteiger partial charge is 0.286 e. The lowest BCUT2D eigenvalue weighted by Crippen LogP contribution is -2.36. The van der Waals surface area contributed by atoms with Gasteiger partial charge in [-0.25, -0.2) is 0 Å². The Morgan fingerprint density at radius 1 is 1.21 bits per heavy atom. The van der Waals surface area contributed by atoms with Crippen LogP contribution in [0.5, 0.6) is 0 Å². The highest BCUT2D eigenvalue weighted by molar-refractivity contribution is 7.90. The predicted octanol–water partition coefficient (Wildman–Crippen LogP) is 4.71. The van der Waals surface area contributed by atoms with Crippen molar-refractivity contribution in [2.75, 3.05) is 10.2 Å². The average Bonchev–Trinajstić information content (AvgIpc) is 2.66. The minimum absolute atomic E-state index is 0.0264. The first-order valence-electron chi connectivity index (χ1n) is 10.1. The third kappa shape index (κ3) is 3.67. The highest BCUT2D eigenvalue weighted by Gasteiger charge is 2.34. The van der Waals surface area contributed by atoms with E-state index in [1.807, 2.05) is 49.1 Å². The van der Waals surface area contributed by atoms with Gasteiger partial charge < -0.3 is 5.32 Å². The molecule has 6 nitrogen and oxygen atoms in total. The third-order valence-corrected chi connectivity index (χ3v) is 7.04. The lowest BCUT2D eigenvalue weighted by atomic mass is 9.85. The van der Waals surface area contributed by atoms with Gasteiger partial charge in [-0.2, -0.15) is 8.42 Å². The van der Waals surface area contributed by atoms with Crippen molar-refractivity contribution in [3.05, 3.63) is 48.5 Å². The van der Waals surface area contributed by atoms with E-state index in [2.05, 4.69) is 9.71 Å². The molecule has 152 valence electrons. The van der Waals surface area contributed by atoms with Crippen molar-refractivity contribution in [2.24, 2.45) is 16.2 Å². The van der Waals surface area contributed by atoms with Gasteiger partial charge in [-0.15, -0.1) is 4.40 Å². The average molecular weight is 412 g/mol. The predicted molar refractivity (Wildman–Crippen MR) is 115 cm³/mol. The number of hydrogen-bond donors (Lipinski definition) is 1. The number of amidine groups is 1. The first-order chi connectivity index (χ1) is 13.9. The topological polar surface area (TPSA) is 78.8 Å². The SMILES string of the molecule is CC[C@H](C)C1=NS(=O)(=O)c2cc(NC(=O)C3CCC3)ccc2N1c1ccccc1. The summed E-state index contributed by atoms with van der Waals surface area (Å²) >= 11 is 0. The maximum atomic E-state index is 13.0. The fraction of sp³-hybridized carbons (Fsp3) is 0.364. The van der Waals surface area contributed by atoms with E-state index in [4.69, 9.17) is 0 Å². The molecule has 1 aliphatic carbocycles. The van der Waals surface area contributed by atoms with E-state index in [-0.39, 0.29) is 22.6 Å². The molecule has 0 aromatic heterocycles. The summed E-state index contributed by atoms with van der Waals surface area (Å²) in [6.07, 6.45) is 3.61. The summed E-state index contributed by atoms with van der Waals surface area (Å²) in [5.74, 6) is 0.459. The van der Waals surface area contributed by atoms with Crippen LogP contribution < -0.4 is 10.2 Å². The highest BCUT2D eigenvalue weighted by atomic mass is 32.2. The van der Waals surface area contributed by atoms with Crippen LogP contribution in [0.1, 0.15) is 39.5 Å². The van der Waals surface area contributed by atoms with Crippen LogP contribution >= 0.6 is 0 Å². The van der Waals surface area contributed by atoms with Gasteiger partial charge in [-0.3, -0.25) is 9.69 Å². The normalized spacial score (nSPS) is 19.0. The molecule has 1 amide bonds. The summed E-state index contributed by atoms with van der Waals surface area (Å²) in [7, 11) is -3.86. The van der Waals surface area contributed by atoms with Gasteiger partial charge in [0.15, 0.2) is 0 Å². The first-order valence-corrected chi connectivity index (χ1v) is 11.5. The van der Waals surface area contributed by atoms with Crippen LogP contribution in [0.3, 0.4) is 0 Å². The molecule has 4 rings (SSSR count). The van der Waals surface area contributed by atoms with Gasteiger partial charge in [-0.05, 0) is 49.6 Å². The summed E-state index contributed by atoms with van der Waals surface area (Å²) < 4.78 is 30.2. The largest absolute Gasteiger partial charge is 0.326 e. The zero-order chi connectivity index (χ0) is 20.6. The van der Waals surface area contributed by atoms with E-state index >= 15 is 0 Å². The Kier molecular flexibility index (Phi) is 5.17. The molecule has 0 unspecified atom stereocenters. The second-order valence-electron chi connectivity index (χ2n) is 7.70. The van der Waals surface area contributed by atoms with Gasteiger partial charge in [0.1, 0.15) is 10.7 Å². The molecule has 1 N–H and O–H groups in total. The number of benzene rings is 2. The number of amides is 1. The van der Waals surface area contributed by atoms with Gasteiger partial charge in [0.05, 0.1) is 5.69 Å². The number of hydrogen-bond acceptors (Lipinski definition) is 4. The van der Waals surface area contributed by atoms with Crippen molar-refractivity contribution in [1.82, 2.24) is 0 Å². The number of sulfonamides is 1. The Balaban J connectivity index is 1.79. The molecule has 1 fully saturated rings. The number of fused-ring (bicyclic) bond motifs is 1. The van der Waals surface area contributed by atoms with Gasteiger partial charge in [-0.1, -0.05) is 38.5 Å². The molecule has 0 bridgehead atoms. The Labute approximate surface area is 171 Å². The minimum atomic E-state index is -3.86. The fourth-order valence-electron chi connectivity index (χ4n) is 3.58. The van der Waals surface area contributed by atoms with Crippen LogP contribution in [0.2, 0.25) is 0 Å². The lowest BCUT2D eigenvalue weighted by Gasteiger charge is -2.33. The molecule has 29 heavy (non-hydrogen) atoms. The first kappa shape index (κ1) is 19.6. The van der Waals surface area contributed by atoms with Crippen molar-refractivity contribution in [2.45, 2.75) is 44.4 Å². The minimum Gasteiger partial charge on any atom is -0.326 e. The number of rotatable bonds is 5. The zero-order valence-corrected chi connectivity index (χ0v) is 17.4. The number of anilines is 3. The van der Waals surface area contributed by atoms with Gasteiger partial charge >= 0.3 is 0 Å². The Hall–Kier alpha value is -2.67. The number of nitrogens with zero attached hydrogens (tertiary/aromatic N) is 2. The molecular weight excluding hydrogens is 386 g/mol. The van der Waals surface area contributed by atoms with Crippen LogP contribution in [0.25, 0.3) is 0 Å². The van der Waals surface area contributed by atoms with Gasteiger partial charge in [0.25, 0.3) is 10.0 Å². The molecule has 1 aliphatic heterocycles. The van der Waals surface area contributed by atoms with Crippen LogP contribution in [0.4, 0.5) is 17.1 Å². The van der Waals surface area contributed by atoms with E-state index in [0.29, 0.717) is 17.2 Å². The van der Waals surface area contributed by atoms with Crippen molar-refractivity contribution >= 4 is 38.8 Å². The molecule has 1 saturated carbocycles. The number of carbonyl (C=O) groups excluding carboxylic acids is 1. The van der Waals surface area contributed by atoms with E-state index in [0.717, 1.165) is 31.4 Å². The van der Waals surface area contributed by atoms with E-state index < -0.39 is 10.0 Å². The highest BCUT2D eigenvalue weighted by Crippen LogP contribution is 2.40. The Bertz CT molecular complexity index is 1060. The van der Waals surface area contributed by atoms with Gasteiger partial charge in [0, 0.05) is 23.2 Å².